The van der Waals surface area contributed by atoms with Crippen LogP contribution in [0.15, 0.2) is 42.7 Å². The number of nitrogens with zero attached hydrogens (tertiary/aromatic N) is 1. The first kappa shape index (κ1) is 13.6. The second-order valence-corrected chi connectivity index (χ2v) is 4.92. The number of pyridine rings is 1. The zero-order valence-corrected chi connectivity index (χ0v) is 11.5. The maximum absolute atomic E-state index is 12.8. The van der Waals surface area contributed by atoms with Crippen LogP contribution in [0.25, 0.3) is 0 Å². The molecule has 3 nitrogen and oxygen atoms in total. The molecule has 0 saturated carbocycles. The van der Waals surface area contributed by atoms with Crippen LogP contribution in [0, 0.1) is 17.7 Å². The number of hydrogen-bond donors (Lipinski definition) is 1. The van der Waals surface area contributed by atoms with Gasteiger partial charge < -0.3 is 10.1 Å². The second-order valence-electron chi connectivity index (χ2n) is 4.92. The van der Waals surface area contributed by atoms with E-state index >= 15 is 0 Å². The number of ether oxygens (including phenoxy) is 1. The summed E-state index contributed by atoms with van der Waals surface area (Å²) in [5, 5.41) is 3.28. The minimum Gasteiger partial charge on any atom is -0.490 e. The van der Waals surface area contributed by atoms with E-state index in [1.54, 1.807) is 24.5 Å². The Morgan fingerprint density at radius 3 is 2.67 bits per heavy atom. The molecule has 106 valence electrons. The highest BCUT2D eigenvalue weighted by atomic mass is 19.1. The van der Waals surface area contributed by atoms with E-state index < -0.39 is 0 Å². The third kappa shape index (κ3) is 3.80. The van der Waals surface area contributed by atoms with E-state index in [0.717, 1.165) is 29.8 Å². The molecule has 1 aromatic heterocycles. The molecule has 0 amide bonds. The summed E-state index contributed by atoms with van der Waals surface area (Å²) in [6.45, 7) is 1.71. The summed E-state index contributed by atoms with van der Waals surface area (Å²) in [6.07, 6.45) is 4.52. The highest BCUT2D eigenvalue weighted by Crippen LogP contribution is 2.12. The SMILES string of the molecule is Fc1ccc(C#Cc2cncc(OCC3CCN3)c2)cc1. The highest BCUT2D eigenvalue weighted by molar-refractivity contribution is 5.43. The third-order valence-corrected chi connectivity index (χ3v) is 3.29. The van der Waals surface area contributed by atoms with Gasteiger partial charge in [-0.1, -0.05) is 11.8 Å². The van der Waals surface area contributed by atoms with Crippen molar-refractivity contribution < 1.29 is 9.13 Å². The van der Waals surface area contributed by atoms with Crippen molar-refractivity contribution in [2.45, 2.75) is 12.5 Å². The van der Waals surface area contributed by atoms with Gasteiger partial charge in [-0.05, 0) is 43.3 Å². The van der Waals surface area contributed by atoms with Crippen molar-refractivity contribution >= 4 is 0 Å². The molecule has 4 heteroatoms. The van der Waals surface area contributed by atoms with E-state index in [1.165, 1.54) is 12.1 Å². The van der Waals surface area contributed by atoms with Gasteiger partial charge in [-0.2, -0.15) is 0 Å². The van der Waals surface area contributed by atoms with Crippen molar-refractivity contribution in [1.82, 2.24) is 10.3 Å². The first-order valence-electron chi connectivity index (χ1n) is 6.88. The molecular weight excluding hydrogens is 267 g/mol. The van der Waals surface area contributed by atoms with Crippen LogP contribution >= 0.6 is 0 Å². The molecule has 0 bridgehead atoms. The molecule has 0 spiro atoms. The third-order valence-electron chi connectivity index (χ3n) is 3.29. The van der Waals surface area contributed by atoms with E-state index in [4.69, 9.17) is 4.74 Å². The van der Waals surface area contributed by atoms with E-state index in [2.05, 4.69) is 22.1 Å². The lowest BCUT2D eigenvalue weighted by Crippen LogP contribution is -2.46. The summed E-state index contributed by atoms with van der Waals surface area (Å²) in [6, 6.07) is 8.40. The first-order valence-corrected chi connectivity index (χ1v) is 6.88. The Morgan fingerprint density at radius 2 is 1.95 bits per heavy atom. The Kier molecular flexibility index (Phi) is 4.13. The summed E-state index contributed by atoms with van der Waals surface area (Å²) in [5.41, 5.74) is 1.54. The van der Waals surface area contributed by atoms with Crippen LogP contribution in [0.1, 0.15) is 17.5 Å². The van der Waals surface area contributed by atoms with Crippen molar-refractivity contribution in [2.24, 2.45) is 0 Å². The molecule has 2 aromatic rings. The molecule has 21 heavy (non-hydrogen) atoms. The Morgan fingerprint density at radius 1 is 1.19 bits per heavy atom. The van der Waals surface area contributed by atoms with Crippen LogP contribution in [0.4, 0.5) is 4.39 Å². The van der Waals surface area contributed by atoms with Crippen LogP contribution in [0.2, 0.25) is 0 Å². The zero-order valence-electron chi connectivity index (χ0n) is 11.5. The molecule has 1 aromatic carbocycles. The topological polar surface area (TPSA) is 34.1 Å². The monoisotopic (exact) mass is 282 g/mol. The highest BCUT2D eigenvalue weighted by Gasteiger charge is 2.16. The lowest BCUT2D eigenvalue weighted by Gasteiger charge is -2.27. The average molecular weight is 282 g/mol. The van der Waals surface area contributed by atoms with Crippen molar-refractivity contribution in [3.05, 3.63) is 59.7 Å². The first-order chi connectivity index (χ1) is 10.3. The van der Waals surface area contributed by atoms with E-state index in [0.29, 0.717) is 12.6 Å². The minimum atomic E-state index is -0.262. The van der Waals surface area contributed by atoms with E-state index in [9.17, 15) is 4.39 Å². The largest absolute Gasteiger partial charge is 0.490 e. The Labute approximate surface area is 123 Å². The molecule has 1 aliphatic heterocycles. The Balaban J connectivity index is 1.66. The molecule has 1 N–H and O–H groups in total. The van der Waals surface area contributed by atoms with Crippen LogP contribution < -0.4 is 10.1 Å². The standard InChI is InChI=1S/C17H15FN2O/c18-15-5-3-13(4-6-15)1-2-14-9-17(11-19-10-14)21-12-16-7-8-20-16/h3-6,9-11,16,20H,7-8,12H2. The van der Waals surface area contributed by atoms with Gasteiger partial charge >= 0.3 is 0 Å². The van der Waals surface area contributed by atoms with Crippen LogP contribution in [-0.2, 0) is 0 Å². The van der Waals surface area contributed by atoms with Gasteiger partial charge in [0, 0.05) is 23.4 Å². The molecule has 1 atom stereocenters. The number of halogens is 1. The van der Waals surface area contributed by atoms with Crippen LogP contribution in [0.3, 0.4) is 0 Å². The van der Waals surface area contributed by atoms with Crippen molar-refractivity contribution in [3.8, 4) is 17.6 Å². The lowest BCUT2D eigenvalue weighted by atomic mass is 10.1. The van der Waals surface area contributed by atoms with Gasteiger partial charge in [0.25, 0.3) is 0 Å². The maximum Gasteiger partial charge on any atom is 0.138 e. The molecule has 0 radical (unpaired) electrons. The van der Waals surface area contributed by atoms with Gasteiger partial charge in [-0.15, -0.1) is 0 Å². The van der Waals surface area contributed by atoms with Gasteiger partial charge in [0.1, 0.15) is 18.2 Å². The summed E-state index contributed by atoms with van der Waals surface area (Å²) in [7, 11) is 0. The number of benzene rings is 1. The fourth-order valence-electron chi connectivity index (χ4n) is 1.93. The fraction of sp³-hybridized carbons (Fsp3) is 0.235. The summed E-state index contributed by atoms with van der Waals surface area (Å²) >= 11 is 0. The van der Waals surface area contributed by atoms with E-state index in [-0.39, 0.29) is 5.82 Å². The van der Waals surface area contributed by atoms with Crippen LogP contribution in [0.5, 0.6) is 5.75 Å². The molecule has 1 aliphatic rings. The van der Waals surface area contributed by atoms with Gasteiger partial charge in [-0.3, -0.25) is 4.98 Å². The van der Waals surface area contributed by atoms with Crippen molar-refractivity contribution in [1.29, 1.82) is 0 Å². The second kappa shape index (κ2) is 6.38. The van der Waals surface area contributed by atoms with Crippen LogP contribution in [-0.4, -0.2) is 24.2 Å². The molecule has 0 aliphatic carbocycles. The van der Waals surface area contributed by atoms with Gasteiger partial charge in [0.2, 0.25) is 0 Å². The van der Waals surface area contributed by atoms with Gasteiger partial charge in [-0.25, -0.2) is 4.39 Å². The van der Waals surface area contributed by atoms with Crippen molar-refractivity contribution in [2.75, 3.05) is 13.2 Å². The fourth-order valence-corrected chi connectivity index (χ4v) is 1.93. The Bertz CT molecular complexity index is 669. The summed E-state index contributed by atoms with van der Waals surface area (Å²) < 4.78 is 18.5. The molecule has 3 rings (SSSR count). The number of aromatic nitrogens is 1. The van der Waals surface area contributed by atoms with Gasteiger partial charge in [0.15, 0.2) is 0 Å². The number of rotatable bonds is 3. The van der Waals surface area contributed by atoms with Crippen molar-refractivity contribution in [3.63, 3.8) is 0 Å². The maximum atomic E-state index is 12.8. The number of hydrogen-bond acceptors (Lipinski definition) is 3. The number of nitrogens with one attached hydrogen (secondary N) is 1. The van der Waals surface area contributed by atoms with E-state index in [1.807, 2.05) is 6.07 Å². The summed E-state index contributed by atoms with van der Waals surface area (Å²) in [5.74, 6) is 6.44. The average Bonchev–Trinajstić information content (AvgIpc) is 2.46. The lowest BCUT2D eigenvalue weighted by molar-refractivity contribution is 0.217. The molecule has 1 fully saturated rings. The molecular formula is C17H15FN2O. The smallest absolute Gasteiger partial charge is 0.138 e. The molecule has 1 saturated heterocycles. The predicted octanol–water partition coefficient (Wildman–Crippen LogP) is 2.36. The minimum absolute atomic E-state index is 0.262. The zero-order chi connectivity index (χ0) is 14.5. The van der Waals surface area contributed by atoms with Gasteiger partial charge in [0.05, 0.1) is 6.20 Å². The molecule has 1 unspecified atom stereocenters. The quantitative estimate of drug-likeness (QED) is 0.878. The molecule has 2 heterocycles. The normalized spacial score (nSPS) is 16.5. The summed E-state index contributed by atoms with van der Waals surface area (Å²) in [4.78, 5) is 4.12. The predicted molar refractivity (Wildman–Crippen MR) is 78.5 cm³/mol. The Hall–Kier alpha value is -2.38.